The molecule has 0 aromatic heterocycles. The van der Waals surface area contributed by atoms with Gasteiger partial charge in [0, 0.05) is 0 Å². The summed E-state index contributed by atoms with van der Waals surface area (Å²) < 4.78 is 13.0. The number of rotatable bonds is 2. The average Bonchev–Trinajstić information content (AvgIpc) is 2.14. The van der Waals surface area contributed by atoms with Gasteiger partial charge in [-0.1, -0.05) is 6.58 Å². The van der Waals surface area contributed by atoms with E-state index in [0.717, 1.165) is 6.08 Å². The molecule has 0 aliphatic heterocycles. The summed E-state index contributed by atoms with van der Waals surface area (Å²) in [5.74, 6) is -0.762. The second kappa shape index (κ2) is 3.91. The number of nitrogens with one attached hydrogen (secondary N) is 1. The van der Waals surface area contributed by atoms with Crippen LogP contribution < -0.4 is 11.1 Å². The molecule has 1 rings (SSSR count). The lowest BCUT2D eigenvalue weighted by Crippen LogP contribution is -2.09. The fourth-order valence-corrected chi connectivity index (χ4v) is 0.989. The van der Waals surface area contributed by atoms with E-state index >= 15 is 0 Å². The third kappa shape index (κ3) is 2.10. The predicted molar refractivity (Wildman–Crippen MR) is 54.4 cm³/mol. The molecule has 74 valence electrons. The minimum atomic E-state index is -0.390. The van der Waals surface area contributed by atoms with Gasteiger partial charge in [0.15, 0.2) is 0 Å². The second-order valence-corrected chi connectivity index (χ2v) is 2.88. The first kappa shape index (κ1) is 10.2. The number of aryl methyl sites for hydroxylation is 1. The third-order valence-electron chi connectivity index (χ3n) is 1.77. The summed E-state index contributed by atoms with van der Waals surface area (Å²) >= 11 is 0. The van der Waals surface area contributed by atoms with E-state index in [0.29, 0.717) is 11.3 Å². The van der Waals surface area contributed by atoms with Crippen LogP contribution in [-0.4, -0.2) is 5.91 Å². The zero-order chi connectivity index (χ0) is 10.7. The maximum absolute atomic E-state index is 13.0. The van der Waals surface area contributed by atoms with Crippen molar-refractivity contribution in [2.45, 2.75) is 6.92 Å². The number of anilines is 2. The molecule has 1 amide bonds. The van der Waals surface area contributed by atoms with E-state index in [9.17, 15) is 9.18 Å². The van der Waals surface area contributed by atoms with E-state index in [4.69, 9.17) is 5.73 Å². The third-order valence-corrected chi connectivity index (χ3v) is 1.77. The van der Waals surface area contributed by atoms with Crippen LogP contribution >= 0.6 is 0 Å². The van der Waals surface area contributed by atoms with Gasteiger partial charge in [0.1, 0.15) is 5.82 Å². The summed E-state index contributed by atoms with van der Waals surface area (Å²) in [6, 6.07) is 2.65. The van der Waals surface area contributed by atoms with Gasteiger partial charge in [-0.05, 0) is 30.7 Å². The van der Waals surface area contributed by atoms with Crippen molar-refractivity contribution in [3.8, 4) is 0 Å². The molecule has 4 heteroatoms. The van der Waals surface area contributed by atoms with Crippen molar-refractivity contribution in [1.29, 1.82) is 0 Å². The van der Waals surface area contributed by atoms with Crippen molar-refractivity contribution >= 4 is 17.3 Å². The van der Waals surface area contributed by atoms with Gasteiger partial charge in [0.2, 0.25) is 5.91 Å². The molecule has 0 saturated carbocycles. The van der Waals surface area contributed by atoms with Crippen molar-refractivity contribution in [3.05, 3.63) is 36.2 Å². The van der Waals surface area contributed by atoms with Crippen LogP contribution in [-0.2, 0) is 4.79 Å². The van der Waals surface area contributed by atoms with Crippen LogP contribution in [0.1, 0.15) is 5.56 Å². The molecular weight excluding hydrogens is 183 g/mol. The highest BCUT2D eigenvalue weighted by atomic mass is 19.1. The number of amides is 1. The first-order chi connectivity index (χ1) is 6.54. The molecule has 0 saturated heterocycles. The molecule has 3 nitrogen and oxygen atoms in total. The van der Waals surface area contributed by atoms with Gasteiger partial charge in [-0.15, -0.1) is 0 Å². The standard InChI is InChI=1S/C10H11FN2O/c1-3-10(14)13-9-4-6(2)7(11)5-8(9)12/h3-5H,1,12H2,2H3,(H,13,14). The summed E-state index contributed by atoms with van der Waals surface area (Å²) in [6.45, 7) is 4.90. The fourth-order valence-electron chi connectivity index (χ4n) is 0.989. The molecule has 0 spiro atoms. The summed E-state index contributed by atoms with van der Waals surface area (Å²) in [4.78, 5) is 11.0. The number of nitrogen functional groups attached to an aromatic ring is 1. The number of benzene rings is 1. The van der Waals surface area contributed by atoms with Gasteiger partial charge >= 0.3 is 0 Å². The summed E-state index contributed by atoms with van der Waals surface area (Å²) in [5, 5.41) is 2.48. The van der Waals surface area contributed by atoms with Crippen molar-refractivity contribution in [1.82, 2.24) is 0 Å². The maximum Gasteiger partial charge on any atom is 0.247 e. The number of hydrogen-bond donors (Lipinski definition) is 2. The van der Waals surface area contributed by atoms with E-state index in [-0.39, 0.29) is 17.4 Å². The van der Waals surface area contributed by atoms with Crippen LogP contribution in [0.15, 0.2) is 24.8 Å². The molecule has 0 aliphatic carbocycles. The van der Waals surface area contributed by atoms with Gasteiger partial charge in [-0.2, -0.15) is 0 Å². The Kier molecular flexibility index (Phi) is 2.86. The smallest absolute Gasteiger partial charge is 0.247 e. The van der Waals surface area contributed by atoms with Gasteiger partial charge in [-0.3, -0.25) is 4.79 Å². The molecule has 0 radical (unpaired) electrons. The molecule has 14 heavy (non-hydrogen) atoms. The first-order valence-electron chi connectivity index (χ1n) is 4.03. The molecule has 1 aromatic carbocycles. The SMILES string of the molecule is C=CC(=O)Nc1cc(C)c(F)cc1N. The Balaban J connectivity index is 3.03. The highest BCUT2D eigenvalue weighted by Crippen LogP contribution is 2.22. The first-order valence-corrected chi connectivity index (χ1v) is 4.03. The van der Waals surface area contributed by atoms with Crippen LogP contribution in [0.5, 0.6) is 0 Å². The van der Waals surface area contributed by atoms with E-state index < -0.39 is 0 Å². The van der Waals surface area contributed by atoms with Gasteiger partial charge in [-0.25, -0.2) is 4.39 Å². The predicted octanol–water partition coefficient (Wildman–Crippen LogP) is 1.84. The Morgan fingerprint density at radius 1 is 1.64 bits per heavy atom. The van der Waals surface area contributed by atoms with Crippen molar-refractivity contribution in [2.24, 2.45) is 0 Å². The van der Waals surface area contributed by atoms with E-state index in [1.165, 1.54) is 12.1 Å². The molecule has 0 aliphatic rings. The molecule has 0 bridgehead atoms. The Morgan fingerprint density at radius 2 is 2.29 bits per heavy atom. The van der Waals surface area contributed by atoms with Crippen molar-refractivity contribution < 1.29 is 9.18 Å². The number of hydrogen-bond acceptors (Lipinski definition) is 2. The van der Waals surface area contributed by atoms with Crippen molar-refractivity contribution in [2.75, 3.05) is 11.1 Å². The monoisotopic (exact) mass is 194 g/mol. The summed E-state index contributed by atoms with van der Waals surface area (Å²) in [7, 11) is 0. The molecule has 0 fully saturated rings. The summed E-state index contributed by atoms with van der Waals surface area (Å²) in [6.07, 6.45) is 1.12. The molecule has 0 unspecified atom stereocenters. The number of carbonyl (C=O) groups is 1. The number of nitrogens with two attached hydrogens (primary N) is 1. The van der Waals surface area contributed by atoms with E-state index in [1.54, 1.807) is 6.92 Å². The molecular formula is C10H11FN2O. The Labute approximate surface area is 81.4 Å². The average molecular weight is 194 g/mol. The van der Waals surface area contributed by atoms with Crippen LogP contribution in [0.4, 0.5) is 15.8 Å². The van der Waals surface area contributed by atoms with Crippen LogP contribution in [0.25, 0.3) is 0 Å². The highest BCUT2D eigenvalue weighted by molar-refractivity contribution is 6.00. The highest BCUT2D eigenvalue weighted by Gasteiger charge is 2.05. The normalized spacial score (nSPS) is 9.57. The minimum absolute atomic E-state index is 0.198. The van der Waals surface area contributed by atoms with Gasteiger partial charge in [0.05, 0.1) is 11.4 Å². The quantitative estimate of drug-likeness (QED) is 0.557. The van der Waals surface area contributed by atoms with Crippen LogP contribution in [0, 0.1) is 12.7 Å². The number of carbonyl (C=O) groups excluding carboxylic acids is 1. The Hall–Kier alpha value is -1.84. The number of halogens is 1. The lowest BCUT2D eigenvalue weighted by Gasteiger charge is -2.07. The minimum Gasteiger partial charge on any atom is -0.397 e. The van der Waals surface area contributed by atoms with Crippen LogP contribution in [0.3, 0.4) is 0 Å². The Morgan fingerprint density at radius 3 is 2.86 bits per heavy atom. The molecule has 0 heterocycles. The van der Waals surface area contributed by atoms with Gasteiger partial charge < -0.3 is 11.1 Å². The zero-order valence-electron chi connectivity index (χ0n) is 7.80. The van der Waals surface area contributed by atoms with Crippen LogP contribution in [0.2, 0.25) is 0 Å². The largest absolute Gasteiger partial charge is 0.397 e. The summed E-state index contributed by atoms with van der Waals surface area (Å²) in [5.41, 5.74) is 6.53. The molecule has 0 atom stereocenters. The molecule has 1 aromatic rings. The lowest BCUT2D eigenvalue weighted by molar-refractivity contribution is -0.111. The topological polar surface area (TPSA) is 55.1 Å². The van der Waals surface area contributed by atoms with E-state index in [2.05, 4.69) is 11.9 Å². The van der Waals surface area contributed by atoms with Crippen molar-refractivity contribution in [3.63, 3.8) is 0 Å². The Bertz CT molecular complexity index is 388. The lowest BCUT2D eigenvalue weighted by atomic mass is 10.2. The maximum atomic E-state index is 13.0. The zero-order valence-corrected chi connectivity index (χ0v) is 7.80. The molecule has 3 N–H and O–H groups in total. The van der Waals surface area contributed by atoms with Gasteiger partial charge in [0.25, 0.3) is 0 Å². The second-order valence-electron chi connectivity index (χ2n) is 2.88. The fraction of sp³-hybridized carbons (Fsp3) is 0.100. The van der Waals surface area contributed by atoms with E-state index in [1.807, 2.05) is 0 Å².